The molecule has 0 bridgehead atoms. The summed E-state index contributed by atoms with van der Waals surface area (Å²) in [6, 6.07) is 3.97. The molecule has 3 rings (SSSR count). The summed E-state index contributed by atoms with van der Waals surface area (Å²) in [5.74, 6) is -0.768. The molecule has 2 unspecified atom stereocenters. The minimum Gasteiger partial charge on any atom is -0.340 e. The first-order valence-electron chi connectivity index (χ1n) is 7.27. The van der Waals surface area contributed by atoms with Gasteiger partial charge in [-0.15, -0.1) is 0 Å². The van der Waals surface area contributed by atoms with Crippen LogP contribution in [0.5, 0.6) is 0 Å². The first-order chi connectivity index (χ1) is 9.86. The average Bonchev–Trinajstić information content (AvgIpc) is 3.24. The van der Waals surface area contributed by atoms with Crippen LogP contribution < -0.4 is 10.2 Å². The Morgan fingerprint density at radius 3 is 2.57 bits per heavy atom. The van der Waals surface area contributed by atoms with Crippen molar-refractivity contribution in [2.24, 2.45) is 5.92 Å². The fourth-order valence-corrected chi connectivity index (χ4v) is 3.12. The Bertz CT molecular complexity index is 606. The predicted octanol–water partition coefficient (Wildman–Crippen LogP) is 2.15. The molecule has 1 saturated carbocycles. The van der Waals surface area contributed by atoms with Crippen LogP contribution in [0.15, 0.2) is 18.2 Å². The van der Waals surface area contributed by atoms with Crippen LogP contribution in [0.1, 0.15) is 32.3 Å². The minimum atomic E-state index is -0.918. The summed E-state index contributed by atoms with van der Waals surface area (Å²) in [6.07, 6.45) is 1.84. The van der Waals surface area contributed by atoms with Gasteiger partial charge in [-0.2, -0.15) is 0 Å². The number of aryl methyl sites for hydroxylation is 1. The second-order valence-corrected chi connectivity index (χ2v) is 6.22. The third-order valence-corrected chi connectivity index (χ3v) is 4.64. The number of amides is 2. The Labute approximate surface area is 123 Å². The van der Waals surface area contributed by atoms with E-state index in [-0.39, 0.29) is 23.4 Å². The molecule has 0 radical (unpaired) electrons. The highest BCUT2D eigenvalue weighted by molar-refractivity contribution is 6.11. The summed E-state index contributed by atoms with van der Waals surface area (Å²) >= 11 is 0. The lowest BCUT2D eigenvalue weighted by atomic mass is 9.89. The van der Waals surface area contributed by atoms with Crippen LogP contribution in [-0.4, -0.2) is 23.4 Å². The van der Waals surface area contributed by atoms with Gasteiger partial charge in [0.2, 0.25) is 5.91 Å². The lowest BCUT2D eigenvalue weighted by molar-refractivity contribution is -0.138. The van der Waals surface area contributed by atoms with Crippen molar-refractivity contribution in [3.05, 3.63) is 29.6 Å². The fourth-order valence-electron chi connectivity index (χ4n) is 3.12. The normalized spacial score (nSPS) is 29.5. The Morgan fingerprint density at radius 2 is 2.00 bits per heavy atom. The lowest BCUT2D eigenvalue weighted by Gasteiger charge is -2.44. The minimum absolute atomic E-state index is 0.149. The summed E-state index contributed by atoms with van der Waals surface area (Å²) in [6.45, 7) is 5.13. The van der Waals surface area contributed by atoms with Crippen molar-refractivity contribution in [3.63, 3.8) is 0 Å². The number of halogens is 1. The first-order valence-corrected chi connectivity index (χ1v) is 7.27. The molecular weight excluding hydrogens is 271 g/mol. The number of anilines is 1. The summed E-state index contributed by atoms with van der Waals surface area (Å²) in [5, 5.41) is 2.84. The van der Waals surface area contributed by atoms with Crippen LogP contribution in [0.2, 0.25) is 0 Å². The van der Waals surface area contributed by atoms with E-state index in [1.54, 1.807) is 32.9 Å². The number of benzene rings is 1. The first kappa shape index (κ1) is 14.0. The number of carbonyl (C=O) groups is 2. The smallest absolute Gasteiger partial charge is 0.253 e. The molecule has 5 heteroatoms. The molecule has 1 aliphatic carbocycles. The van der Waals surface area contributed by atoms with Crippen LogP contribution in [-0.2, 0) is 9.59 Å². The molecule has 1 N–H and O–H groups in total. The van der Waals surface area contributed by atoms with Gasteiger partial charge in [0.05, 0.1) is 5.69 Å². The molecule has 112 valence electrons. The molecule has 0 spiro atoms. The number of rotatable bonds is 2. The molecule has 1 aromatic rings. The largest absolute Gasteiger partial charge is 0.340 e. The summed E-state index contributed by atoms with van der Waals surface area (Å²) < 4.78 is 14.3. The predicted molar refractivity (Wildman–Crippen MR) is 77.4 cm³/mol. The molecule has 1 saturated heterocycles. The van der Waals surface area contributed by atoms with E-state index in [2.05, 4.69) is 5.32 Å². The van der Waals surface area contributed by atoms with Crippen molar-refractivity contribution in [2.75, 3.05) is 4.90 Å². The van der Waals surface area contributed by atoms with Gasteiger partial charge in [0.1, 0.15) is 17.4 Å². The van der Waals surface area contributed by atoms with E-state index in [0.717, 1.165) is 12.8 Å². The zero-order chi connectivity index (χ0) is 15.4. The molecule has 0 aromatic heterocycles. The van der Waals surface area contributed by atoms with Crippen molar-refractivity contribution in [3.8, 4) is 0 Å². The Hall–Kier alpha value is -1.91. The van der Waals surface area contributed by atoms with Crippen molar-refractivity contribution in [2.45, 2.75) is 45.2 Å². The highest BCUT2D eigenvalue weighted by Crippen LogP contribution is 2.43. The third kappa shape index (κ3) is 2.03. The zero-order valence-corrected chi connectivity index (χ0v) is 12.4. The van der Waals surface area contributed by atoms with Crippen molar-refractivity contribution in [1.29, 1.82) is 0 Å². The number of piperazine rings is 1. The Balaban J connectivity index is 2.10. The van der Waals surface area contributed by atoms with E-state index >= 15 is 0 Å². The van der Waals surface area contributed by atoms with Crippen LogP contribution in [0.25, 0.3) is 0 Å². The standard InChI is InChI=1S/C16H19FN2O2/c1-9-5-4-6-12(17)13(9)19-10(2)14(20)18-16(3,15(19)21)11-7-8-11/h4-6,10-11H,7-8H2,1-3H3,(H,18,20). The number of para-hydroxylation sites is 1. The summed E-state index contributed by atoms with van der Waals surface area (Å²) in [5.41, 5.74) is -0.0435. The Morgan fingerprint density at radius 1 is 1.33 bits per heavy atom. The van der Waals surface area contributed by atoms with E-state index in [1.807, 2.05) is 0 Å². The Kier molecular flexibility index (Phi) is 3.04. The van der Waals surface area contributed by atoms with Crippen LogP contribution in [0.3, 0.4) is 0 Å². The second-order valence-electron chi connectivity index (χ2n) is 6.22. The molecule has 1 aromatic carbocycles. The third-order valence-electron chi connectivity index (χ3n) is 4.64. The molecule has 2 fully saturated rings. The molecule has 2 aliphatic rings. The van der Waals surface area contributed by atoms with Crippen molar-refractivity contribution in [1.82, 2.24) is 5.32 Å². The number of hydrogen-bond acceptors (Lipinski definition) is 2. The maximum Gasteiger partial charge on any atom is 0.253 e. The number of nitrogens with zero attached hydrogens (tertiary/aromatic N) is 1. The van der Waals surface area contributed by atoms with E-state index in [1.165, 1.54) is 11.0 Å². The molecule has 2 atom stereocenters. The van der Waals surface area contributed by atoms with Gasteiger partial charge in [-0.3, -0.25) is 14.5 Å². The van der Waals surface area contributed by atoms with E-state index in [4.69, 9.17) is 0 Å². The van der Waals surface area contributed by atoms with Crippen LogP contribution in [0, 0.1) is 18.7 Å². The monoisotopic (exact) mass is 290 g/mol. The van der Waals surface area contributed by atoms with Gasteiger partial charge in [0.15, 0.2) is 0 Å². The van der Waals surface area contributed by atoms with Crippen LogP contribution >= 0.6 is 0 Å². The molecule has 1 heterocycles. The van der Waals surface area contributed by atoms with Crippen molar-refractivity contribution < 1.29 is 14.0 Å². The lowest BCUT2D eigenvalue weighted by Crippen LogP contribution is -2.70. The second kappa shape index (κ2) is 4.55. The molecule has 1 aliphatic heterocycles. The topological polar surface area (TPSA) is 49.4 Å². The quantitative estimate of drug-likeness (QED) is 0.907. The van der Waals surface area contributed by atoms with E-state index in [0.29, 0.717) is 5.56 Å². The number of hydrogen-bond donors (Lipinski definition) is 1. The highest BCUT2D eigenvalue weighted by atomic mass is 19.1. The van der Waals surface area contributed by atoms with Crippen molar-refractivity contribution >= 4 is 17.5 Å². The maximum atomic E-state index is 14.3. The molecular formula is C16H19FN2O2. The van der Waals surface area contributed by atoms with Gasteiger partial charge in [-0.25, -0.2) is 4.39 Å². The van der Waals surface area contributed by atoms with Crippen LogP contribution in [0.4, 0.5) is 10.1 Å². The maximum absolute atomic E-state index is 14.3. The molecule has 4 nitrogen and oxygen atoms in total. The molecule has 2 amide bonds. The summed E-state index contributed by atoms with van der Waals surface area (Å²) in [4.78, 5) is 26.5. The van der Waals surface area contributed by atoms with Gasteiger partial charge in [0, 0.05) is 0 Å². The van der Waals surface area contributed by atoms with Gasteiger partial charge in [-0.05, 0) is 51.2 Å². The average molecular weight is 290 g/mol. The SMILES string of the molecule is Cc1cccc(F)c1N1C(=O)C(C)(C2CC2)NC(=O)C1C. The molecule has 21 heavy (non-hydrogen) atoms. The fraction of sp³-hybridized carbons (Fsp3) is 0.500. The summed E-state index contributed by atoms with van der Waals surface area (Å²) in [7, 11) is 0. The van der Waals surface area contributed by atoms with Gasteiger partial charge < -0.3 is 5.32 Å². The zero-order valence-electron chi connectivity index (χ0n) is 12.4. The number of nitrogens with one attached hydrogen (secondary N) is 1. The highest BCUT2D eigenvalue weighted by Gasteiger charge is 2.55. The van der Waals surface area contributed by atoms with Gasteiger partial charge in [0.25, 0.3) is 5.91 Å². The van der Waals surface area contributed by atoms with Gasteiger partial charge in [-0.1, -0.05) is 12.1 Å². The van der Waals surface area contributed by atoms with Gasteiger partial charge >= 0.3 is 0 Å². The number of carbonyl (C=O) groups excluding carboxylic acids is 2. The van der Waals surface area contributed by atoms with E-state index < -0.39 is 17.4 Å². The van der Waals surface area contributed by atoms with E-state index in [9.17, 15) is 14.0 Å².